The van der Waals surface area contributed by atoms with Crippen LogP contribution in [0.2, 0.25) is 0 Å². The van der Waals surface area contributed by atoms with Crippen molar-refractivity contribution in [3.8, 4) is 0 Å². The van der Waals surface area contributed by atoms with Crippen molar-refractivity contribution in [2.75, 3.05) is 37.7 Å². The molecule has 4 rings (SSSR count). The van der Waals surface area contributed by atoms with Crippen molar-refractivity contribution >= 4 is 33.8 Å². The first kappa shape index (κ1) is 19.5. The molecule has 9 heteroatoms. The number of thiazole rings is 1. The van der Waals surface area contributed by atoms with Crippen molar-refractivity contribution in [3.05, 3.63) is 50.5 Å². The Labute approximate surface area is 172 Å². The minimum absolute atomic E-state index is 0.0531. The molecule has 0 saturated carbocycles. The van der Waals surface area contributed by atoms with E-state index >= 15 is 0 Å². The SMILES string of the molecule is Cc1nc(C)c(C(=O)N2CCN(c3ccc4c(=O)n(CCO)cnc4c3)CC2)s1. The highest BCUT2D eigenvalue weighted by Gasteiger charge is 2.25. The van der Waals surface area contributed by atoms with E-state index in [4.69, 9.17) is 5.11 Å². The second-order valence-electron chi connectivity index (χ2n) is 7.09. The van der Waals surface area contributed by atoms with Crippen molar-refractivity contribution in [2.24, 2.45) is 0 Å². The van der Waals surface area contributed by atoms with E-state index in [9.17, 15) is 9.59 Å². The fourth-order valence-corrected chi connectivity index (χ4v) is 4.54. The molecular formula is C20H23N5O3S. The van der Waals surface area contributed by atoms with E-state index in [0.717, 1.165) is 34.4 Å². The third-order valence-corrected chi connectivity index (χ3v) is 6.24. The van der Waals surface area contributed by atoms with Gasteiger partial charge in [-0.2, -0.15) is 0 Å². The molecule has 8 nitrogen and oxygen atoms in total. The molecule has 29 heavy (non-hydrogen) atoms. The highest BCUT2D eigenvalue weighted by molar-refractivity contribution is 7.13. The summed E-state index contributed by atoms with van der Waals surface area (Å²) in [6.45, 7) is 6.64. The van der Waals surface area contributed by atoms with Crippen LogP contribution in [0.4, 0.5) is 5.69 Å². The van der Waals surface area contributed by atoms with Crippen molar-refractivity contribution in [2.45, 2.75) is 20.4 Å². The van der Waals surface area contributed by atoms with E-state index < -0.39 is 0 Å². The number of piperazine rings is 1. The molecule has 0 unspecified atom stereocenters. The van der Waals surface area contributed by atoms with Crippen molar-refractivity contribution in [1.29, 1.82) is 0 Å². The minimum Gasteiger partial charge on any atom is -0.395 e. The van der Waals surface area contributed by atoms with Gasteiger partial charge in [0.05, 0.1) is 41.1 Å². The number of aryl methyl sites for hydroxylation is 2. The molecule has 1 N–H and O–H groups in total. The highest BCUT2D eigenvalue weighted by Crippen LogP contribution is 2.23. The first-order chi connectivity index (χ1) is 14.0. The monoisotopic (exact) mass is 413 g/mol. The summed E-state index contributed by atoms with van der Waals surface area (Å²) in [4.78, 5) is 38.8. The van der Waals surface area contributed by atoms with Gasteiger partial charge in [0, 0.05) is 31.9 Å². The molecule has 0 bridgehead atoms. The number of benzene rings is 1. The average Bonchev–Trinajstić information content (AvgIpc) is 3.07. The zero-order valence-electron chi connectivity index (χ0n) is 16.5. The van der Waals surface area contributed by atoms with Crippen LogP contribution in [0.3, 0.4) is 0 Å². The summed E-state index contributed by atoms with van der Waals surface area (Å²) in [5, 5.41) is 10.5. The van der Waals surface area contributed by atoms with Crippen LogP contribution in [-0.4, -0.2) is 63.2 Å². The number of amides is 1. The summed E-state index contributed by atoms with van der Waals surface area (Å²) >= 11 is 1.45. The van der Waals surface area contributed by atoms with Crippen molar-refractivity contribution < 1.29 is 9.90 Å². The number of anilines is 1. The highest BCUT2D eigenvalue weighted by atomic mass is 32.1. The van der Waals surface area contributed by atoms with Crippen LogP contribution >= 0.6 is 11.3 Å². The number of aliphatic hydroxyl groups excluding tert-OH is 1. The molecule has 1 aromatic carbocycles. The van der Waals surface area contributed by atoms with Crippen LogP contribution in [0.25, 0.3) is 10.9 Å². The Morgan fingerprint density at radius 3 is 2.62 bits per heavy atom. The standard InChI is InChI=1S/C20H23N5O3S/c1-13-18(29-14(2)22-13)20(28)24-7-5-23(6-8-24)15-3-4-16-17(11-15)21-12-25(9-10-26)19(16)27/h3-4,11-12,26H,5-10H2,1-2H3. The molecule has 1 aliphatic rings. The Morgan fingerprint density at radius 1 is 1.21 bits per heavy atom. The van der Waals surface area contributed by atoms with Gasteiger partial charge in [0.25, 0.3) is 11.5 Å². The van der Waals surface area contributed by atoms with Gasteiger partial charge in [-0.25, -0.2) is 9.97 Å². The normalized spacial score (nSPS) is 14.6. The van der Waals surface area contributed by atoms with E-state index in [2.05, 4.69) is 14.9 Å². The maximum Gasteiger partial charge on any atom is 0.265 e. The molecule has 152 valence electrons. The van der Waals surface area contributed by atoms with Gasteiger partial charge >= 0.3 is 0 Å². The Balaban J connectivity index is 1.49. The van der Waals surface area contributed by atoms with Gasteiger partial charge in [0.15, 0.2) is 0 Å². The van der Waals surface area contributed by atoms with E-state index in [1.807, 2.05) is 30.9 Å². The van der Waals surface area contributed by atoms with Crippen LogP contribution in [0.5, 0.6) is 0 Å². The predicted molar refractivity (Wildman–Crippen MR) is 113 cm³/mol. The number of carbonyl (C=O) groups is 1. The Bertz CT molecular complexity index is 1110. The Kier molecular flexibility index (Phi) is 5.33. The molecule has 3 aromatic rings. The average molecular weight is 414 g/mol. The van der Waals surface area contributed by atoms with Crippen molar-refractivity contribution in [3.63, 3.8) is 0 Å². The lowest BCUT2D eigenvalue weighted by Gasteiger charge is -2.36. The number of nitrogens with zero attached hydrogens (tertiary/aromatic N) is 5. The molecule has 0 radical (unpaired) electrons. The number of hydrogen-bond donors (Lipinski definition) is 1. The number of hydrogen-bond acceptors (Lipinski definition) is 7. The van der Waals surface area contributed by atoms with E-state index in [-0.39, 0.29) is 24.6 Å². The minimum atomic E-state index is -0.152. The fourth-order valence-electron chi connectivity index (χ4n) is 3.65. The van der Waals surface area contributed by atoms with Gasteiger partial charge in [0.2, 0.25) is 0 Å². The summed E-state index contributed by atoms with van der Waals surface area (Å²) in [6.07, 6.45) is 1.47. The number of fused-ring (bicyclic) bond motifs is 1. The molecule has 3 heterocycles. The van der Waals surface area contributed by atoms with Gasteiger partial charge in [0.1, 0.15) is 4.88 Å². The molecule has 0 aliphatic carbocycles. The summed E-state index contributed by atoms with van der Waals surface area (Å²) in [7, 11) is 0. The molecule has 1 aliphatic heterocycles. The van der Waals surface area contributed by atoms with Gasteiger partial charge in [-0.05, 0) is 32.0 Å². The first-order valence-corrected chi connectivity index (χ1v) is 10.4. The predicted octanol–water partition coefficient (Wildman–Crippen LogP) is 1.42. The molecular weight excluding hydrogens is 390 g/mol. The van der Waals surface area contributed by atoms with Gasteiger partial charge in [-0.15, -0.1) is 11.3 Å². The lowest BCUT2D eigenvalue weighted by molar-refractivity contribution is 0.0750. The van der Waals surface area contributed by atoms with Gasteiger partial charge < -0.3 is 14.9 Å². The largest absolute Gasteiger partial charge is 0.395 e. The lowest BCUT2D eigenvalue weighted by atomic mass is 10.2. The third kappa shape index (κ3) is 3.75. The van der Waals surface area contributed by atoms with Crippen LogP contribution in [0, 0.1) is 13.8 Å². The fraction of sp³-hybridized carbons (Fsp3) is 0.400. The molecule has 0 spiro atoms. The molecule has 1 amide bonds. The first-order valence-electron chi connectivity index (χ1n) is 9.56. The molecule has 2 aromatic heterocycles. The molecule has 1 fully saturated rings. The zero-order chi connectivity index (χ0) is 20.5. The quantitative estimate of drug-likeness (QED) is 0.696. The maximum atomic E-state index is 12.8. The van der Waals surface area contributed by atoms with Crippen molar-refractivity contribution in [1.82, 2.24) is 19.4 Å². The van der Waals surface area contributed by atoms with Gasteiger partial charge in [-0.1, -0.05) is 0 Å². The van der Waals surface area contributed by atoms with Crippen LogP contribution in [0.15, 0.2) is 29.3 Å². The summed E-state index contributed by atoms with van der Waals surface area (Å²) in [6, 6.07) is 5.62. The zero-order valence-corrected chi connectivity index (χ0v) is 17.3. The molecule has 1 saturated heterocycles. The lowest BCUT2D eigenvalue weighted by Crippen LogP contribution is -2.48. The van der Waals surface area contributed by atoms with E-state index in [0.29, 0.717) is 24.0 Å². The Hall–Kier alpha value is -2.78. The topological polar surface area (TPSA) is 91.6 Å². The van der Waals surface area contributed by atoms with Crippen LogP contribution < -0.4 is 10.5 Å². The summed E-state index contributed by atoms with van der Waals surface area (Å²) in [5.74, 6) is 0.0531. The summed E-state index contributed by atoms with van der Waals surface area (Å²) in [5.41, 5.74) is 2.27. The summed E-state index contributed by atoms with van der Waals surface area (Å²) < 4.78 is 1.41. The third-order valence-electron chi connectivity index (χ3n) is 5.18. The van der Waals surface area contributed by atoms with E-state index in [1.165, 1.54) is 22.2 Å². The molecule has 0 atom stereocenters. The second kappa shape index (κ2) is 7.92. The maximum absolute atomic E-state index is 12.8. The van der Waals surface area contributed by atoms with Gasteiger partial charge in [-0.3, -0.25) is 14.2 Å². The number of aromatic nitrogens is 3. The van der Waals surface area contributed by atoms with Crippen LogP contribution in [-0.2, 0) is 6.54 Å². The van der Waals surface area contributed by atoms with E-state index in [1.54, 1.807) is 6.07 Å². The Morgan fingerprint density at radius 2 is 1.97 bits per heavy atom. The smallest absolute Gasteiger partial charge is 0.265 e. The number of aliphatic hydroxyl groups is 1. The second-order valence-corrected chi connectivity index (χ2v) is 8.30. The number of rotatable bonds is 4. The van der Waals surface area contributed by atoms with Crippen LogP contribution in [0.1, 0.15) is 20.4 Å². The number of carbonyl (C=O) groups excluding carboxylic acids is 1.